The first-order valence-corrected chi connectivity index (χ1v) is 6.15. The largest absolute Gasteiger partial charge is 0.308 e. The maximum atomic E-state index is 4.57. The van der Waals surface area contributed by atoms with Crippen molar-refractivity contribution in [1.82, 2.24) is 14.7 Å². The van der Waals surface area contributed by atoms with Gasteiger partial charge in [-0.1, -0.05) is 18.2 Å². The van der Waals surface area contributed by atoms with Gasteiger partial charge in [-0.3, -0.25) is 0 Å². The smallest absolute Gasteiger partial charge is 0.137 e. The second-order valence-electron chi connectivity index (χ2n) is 4.59. The molecule has 2 aromatic heterocycles. The van der Waals surface area contributed by atoms with Gasteiger partial charge in [0.15, 0.2) is 0 Å². The molecule has 0 unspecified atom stereocenters. The molecule has 1 aliphatic rings. The van der Waals surface area contributed by atoms with Crippen LogP contribution in [0.5, 0.6) is 0 Å². The number of imidazole rings is 1. The molecular formula is C14H17N3. The van der Waals surface area contributed by atoms with Gasteiger partial charge in [-0.15, -0.1) is 0 Å². The third kappa shape index (κ3) is 1.98. The predicted octanol–water partition coefficient (Wildman–Crippen LogP) is 2.45. The van der Waals surface area contributed by atoms with Gasteiger partial charge in [0, 0.05) is 18.8 Å². The summed E-state index contributed by atoms with van der Waals surface area (Å²) in [6.07, 6.45) is 8.88. The Morgan fingerprint density at radius 3 is 3.00 bits per heavy atom. The molecule has 0 atom stereocenters. The van der Waals surface area contributed by atoms with Gasteiger partial charge >= 0.3 is 0 Å². The molecular weight excluding hydrogens is 210 g/mol. The number of nitrogens with zero attached hydrogens (tertiary/aromatic N) is 2. The van der Waals surface area contributed by atoms with Gasteiger partial charge in [0.2, 0.25) is 0 Å². The molecule has 1 aliphatic carbocycles. The summed E-state index contributed by atoms with van der Waals surface area (Å²) in [7, 11) is 0. The van der Waals surface area contributed by atoms with Crippen LogP contribution < -0.4 is 5.32 Å². The van der Waals surface area contributed by atoms with E-state index in [4.69, 9.17) is 0 Å². The zero-order valence-electron chi connectivity index (χ0n) is 10.1. The molecule has 3 rings (SSSR count). The molecule has 88 valence electrons. The van der Waals surface area contributed by atoms with E-state index in [0.717, 1.165) is 30.7 Å². The molecule has 17 heavy (non-hydrogen) atoms. The van der Waals surface area contributed by atoms with Gasteiger partial charge in [0.25, 0.3) is 0 Å². The van der Waals surface area contributed by atoms with E-state index in [-0.39, 0.29) is 0 Å². The molecule has 0 fully saturated rings. The van der Waals surface area contributed by atoms with Crippen molar-refractivity contribution in [3.8, 4) is 0 Å². The van der Waals surface area contributed by atoms with Gasteiger partial charge in [-0.25, -0.2) is 4.98 Å². The van der Waals surface area contributed by atoms with Crippen molar-refractivity contribution in [2.75, 3.05) is 0 Å². The Kier molecular flexibility index (Phi) is 2.69. The summed E-state index contributed by atoms with van der Waals surface area (Å²) >= 11 is 0. The number of hydrogen-bond donors (Lipinski definition) is 1. The topological polar surface area (TPSA) is 29.3 Å². The Bertz CT molecular complexity index is 546. The highest BCUT2D eigenvalue weighted by Crippen LogP contribution is 2.14. The van der Waals surface area contributed by atoms with Crippen molar-refractivity contribution >= 4 is 5.65 Å². The second-order valence-corrected chi connectivity index (χ2v) is 4.59. The SMILES string of the molecule is Cc1nc2ccccn2c1CNC1CC=CC1. The lowest BCUT2D eigenvalue weighted by atomic mass is 10.2. The molecule has 0 spiro atoms. The van der Waals surface area contributed by atoms with E-state index in [1.54, 1.807) is 0 Å². The predicted molar refractivity (Wildman–Crippen MR) is 68.9 cm³/mol. The molecule has 0 saturated carbocycles. The molecule has 2 aromatic rings. The maximum Gasteiger partial charge on any atom is 0.137 e. The van der Waals surface area contributed by atoms with Crippen LogP contribution in [-0.2, 0) is 6.54 Å². The minimum absolute atomic E-state index is 0.601. The molecule has 0 radical (unpaired) electrons. The quantitative estimate of drug-likeness (QED) is 0.816. The first kappa shape index (κ1) is 10.5. The highest BCUT2D eigenvalue weighted by Gasteiger charge is 2.12. The Morgan fingerprint density at radius 1 is 1.35 bits per heavy atom. The molecule has 2 heterocycles. The van der Waals surface area contributed by atoms with E-state index in [2.05, 4.69) is 46.0 Å². The lowest BCUT2D eigenvalue weighted by Gasteiger charge is -2.12. The lowest BCUT2D eigenvalue weighted by Crippen LogP contribution is -2.26. The molecule has 0 amide bonds. The summed E-state index contributed by atoms with van der Waals surface area (Å²) in [5, 5.41) is 3.59. The van der Waals surface area contributed by atoms with Crippen LogP contribution in [0.1, 0.15) is 24.2 Å². The van der Waals surface area contributed by atoms with Crippen LogP contribution in [-0.4, -0.2) is 15.4 Å². The van der Waals surface area contributed by atoms with E-state index in [1.807, 2.05) is 12.1 Å². The zero-order chi connectivity index (χ0) is 11.7. The van der Waals surface area contributed by atoms with Crippen LogP contribution in [0.2, 0.25) is 0 Å². The monoisotopic (exact) mass is 227 g/mol. The fraction of sp³-hybridized carbons (Fsp3) is 0.357. The Hall–Kier alpha value is -1.61. The lowest BCUT2D eigenvalue weighted by molar-refractivity contribution is 0.530. The number of rotatable bonds is 3. The molecule has 1 N–H and O–H groups in total. The van der Waals surface area contributed by atoms with Crippen LogP contribution in [0.3, 0.4) is 0 Å². The number of hydrogen-bond acceptors (Lipinski definition) is 2. The average molecular weight is 227 g/mol. The summed E-state index contributed by atoms with van der Waals surface area (Å²) in [6, 6.07) is 6.73. The van der Waals surface area contributed by atoms with E-state index in [0.29, 0.717) is 6.04 Å². The number of fused-ring (bicyclic) bond motifs is 1. The fourth-order valence-electron chi connectivity index (χ4n) is 2.40. The molecule has 3 nitrogen and oxygen atoms in total. The Labute approximate surface area is 101 Å². The summed E-state index contributed by atoms with van der Waals surface area (Å²) in [6.45, 7) is 2.97. The van der Waals surface area contributed by atoms with E-state index in [1.165, 1.54) is 5.69 Å². The van der Waals surface area contributed by atoms with Gasteiger partial charge in [0.1, 0.15) is 5.65 Å². The number of pyridine rings is 1. The highest BCUT2D eigenvalue weighted by atomic mass is 15.0. The third-order valence-corrected chi connectivity index (χ3v) is 3.40. The van der Waals surface area contributed by atoms with Gasteiger partial charge in [0.05, 0.1) is 11.4 Å². The van der Waals surface area contributed by atoms with Crippen LogP contribution in [0.25, 0.3) is 5.65 Å². The van der Waals surface area contributed by atoms with Crippen LogP contribution in [0, 0.1) is 6.92 Å². The van der Waals surface area contributed by atoms with Crippen molar-refractivity contribution in [3.05, 3.63) is 47.9 Å². The molecule has 0 bridgehead atoms. The van der Waals surface area contributed by atoms with Crippen molar-refractivity contribution in [3.63, 3.8) is 0 Å². The van der Waals surface area contributed by atoms with Crippen molar-refractivity contribution in [1.29, 1.82) is 0 Å². The van der Waals surface area contributed by atoms with E-state index < -0.39 is 0 Å². The molecule has 3 heteroatoms. The van der Waals surface area contributed by atoms with E-state index in [9.17, 15) is 0 Å². The number of nitrogens with one attached hydrogen (secondary N) is 1. The summed E-state index contributed by atoms with van der Waals surface area (Å²) < 4.78 is 2.17. The Morgan fingerprint density at radius 2 is 2.18 bits per heavy atom. The van der Waals surface area contributed by atoms with Crippen molar-refractivity contribution in [2.45, 2.75) is 32.4 Å². The van der Waals surface area contributed by atoms with Gasteiger partial charge < -0.3 is 9.72 Å². The summed E-state index contributed by atoms with van der Waals surface area (Å²) in [5.74, 6) is 0. The first-order chi connectivity index (χ1) is 8.34. The zero-order valence-corrected chi connectivity index (χ0v) is 10.1. The van der Waals surface area contributed by atoms with Crippen LogP contribution >= 0.6 is 0 Å². The fourth-order valence-corrected chi connectivity index (χ4v) is 2.40. The van der Waals surface area contributed by atoms with Crippen molar-refractivity contribution in [2.24, 2.45) is 0 Å². The van der Waals surface area contributed by atoms with Gasteiger partial charge in [-0.2, -0.15) is 0 Å². The third-order valence-electron chi connectivity index (χ3n) is 3.40. The molecule has 0 aliphatic heterocycles. The Balaban J connectivity index is 1.81. The normalized spacial score (nSPS) is 16.1. The van der Waals surface area contributed by atoms with Crippen LogP contribution in [0.15, 0.2) is 36.5 Å². The standard InChI is InChI=1S/C14H17N3/c1-11-13(10-15-12-6-2-3-7-12)17-9-5-4-8-14(17)16-11/h2-5,8-9,12,15H,6-7,10H2,1H3. The highest BCUT2D eigenvalue weighted by molar-refractivity contribution is 5.42. The van der Waals surface area contributed by atoms with Crippen molar-refractivity contribution < 1.29 is 0 Å². The van der Waals surface area contributed by atoms with E-state index >= 15 is 0 Å². The maximum absolute atomic E-state index is 4.57. The second kappa shape index (κ2) is 4.34. The first-order valence-electron chi connectivity index (χ1n) is 6.15. The van der Waals surface area contributed by atoms with Gasteiger partial charge in [-0.05, 0) is 31.9 Å². The molecule has 0 saturated heterocycles. The summed E-state index contributed by atoms with van der Waals surface area (Å²) in [4.78, 5) is 4.57. The number of aromatic nitrogens is 2. The van der Waals surface area contributed by atoms with Crippen LogP contribution in [0.4, 0.5) is 0 Å². The minimum Gasteiger partial charge on any atom is -0.308 e. The summed E-state index contributed by atoms with van der Waals surface area (Å²) in [5.41, 5.74) is 3.42. The minimum atomic E-state index is 0.601. The molecule has 0 aromatic carbocycles. The average Bonchev–Trinajstić information content (AvgIpc) is 2.93. The number of aryl methyl sites for hydroxylation is 1.